The van der Waals surface area contributed by atoms with E-state index >= 15 is 0 Å². The molecule has 58 heavy (non-hydrogen) atoms. The summed E-state index contributed by atoms with van der Waals surface area (Å²) in [5, 5.41) is 65.2. The second-order valence-electron chi connectivity index (χ2n) is 22.5. The van der Waals surface area contributed by atoms with E-state index in [0.29, 0.717) is 83.9 Å². The monoisotopic (exact) mass is 829 g/mol. The van der Waals surface area contributed by atoms with E-state index in [0.717, 1.165) is 64.2 Å². The number of carboxylic acid groups (broad SMARTS) is 2. The average Bonchev–Trinajstić information content (AvgIpc) is 3.70. The minimum atomic E-state index is -0.957. The van der Waals surface area contributed by atoms with Crippen molar-refractivity contribution in [2.75, 3.05) is 0 Å². The molecule has 8 aliphatic rings. The second kappa shape index (κ2) is 19.1. The van der Waals surface area contributed by atoms with Gasteiger partial charge >= 0.3 is 59.1 Å². The standard InChI is InChI=1S/2C24H40O4.2Na/c2*1-14(4-9-22(27)28)18-7-8-19-17-6-5-15-12-16(25)10-11-23(15,2)20(17)13-21(26)24(18,19)3;;/h2*14-21,25-26H,4-13H2,1-3H3,(H,27,28);;/q;;2*+1/p-2/t2*14-,15-,16-,17?,18-,19?,20?,21+,23+,24-;;/m11../s1. The van der Waals surface area contributed by atoms with Crippen molar-refractivity contribution in [3.8, 4) is 0 Å². The first-order chi connectivity index (χ1) is 26.3. The third-order valence-electron chi connectivity index (χ3n) is 20.6. The molecule has 10 heteroatoms. The van der Waals surface area contributed by atoms with Crippen molar-refractivity contribution >= 4 is 11.9 Å². The molecule has 0 heterocycles. The first-order valence-corrected chi connectivity index (χ1v) is 23.5. The molecule has 20 atom stereocenters. The zero-order chi connectivity index (χ0) is 40.5. The van der Waals surface area contributed by atoms with Gasteiger partial charge in [-0.15, -0.1) is 0 Å². The van der Waals surface area contributed by atoms with Gasteiger partial charge in [0.2, 0.25) is 0 Å². The maximum atomic E-state index is 11.5. The van der Waals surface area contributed by atoms with Crippen LogP contribution in [0.25, 0.3) is 0 Å². The fraction of sp³-hybridized carbons (Fsp3) is 0.958. The summed E-state index contributed by atoms with van der Waals surface area (Å²) in [6.45, 7) is 13.9. The molecule has 8 rings (SSSR count). The van der Waals surface area contributed by atoms with Crippen LogP contribution in [0.15, 0.2) is 0 Å². The Labute approximate surface area is 395 Å². The smallest absolute Gasteiger partial charge is 0.550 e. The molecule has 4 N–H and O–H groups in total. The number of aliphatic carboxylic acids is 2. The molecule has 8 saturated carbocycles. The van der Waals surface area contributed by atoms with Crippen LogP contribution in [-0.4, -0.2) is 56.8 Å². The maximum absolute atomic E-state index is 11.5. The molecule has 0 spiro atoms. The minimum Gasteiger partial charge on any atom is -0.550 e. The van der Waals surface area contributed by atoms with Crippen molar-refractivity contribution < 1.29 is 99.3 Å². The van der Waals surface area contributed by atoms with Gasteiger partial charge in [0.25, 0.3) is 0 Å². The Kier molecular flexibility index (Phi) is 16.4. The number of aliphatic hydroxyl groups is 4. The maximum Gasteiger partial charge on any atom is 1.00 e. The summed E-state index contributed by atoms with van der Waals surface area (Å²) in [5.74, 6) is 4.37. The normalized spacial score (nSPS) is 49.9. The van der Waals surface area contributed by atoms with Crippen molar-refractivity contribution in [3.63, 3.8) is 0 Å². The van der Waals surface area contributed by atoms with Crippen molar-refractivity contribution in [3.05, 3.63) is 0 Å². The van der Waals surface area contributed by atoms with E-state index in [2.05, 4.69) is 41.5 Å². The molecular formula is C48H78Na2O8. The van der Waals surface area contributed by atoms with Crippen LogP contribution < -0.4 is 69.3 Å². The summed E-state index contributed by atoms with van der Waals surface area (Å²) in [4.78, 5) is 21.9. The third-order valence-corrected chi connectivity index (χ3v) is 20.6. The number of hydrogen-bond acceptors (Lipinski definition) is 8. The molecule has 0 bridgehead atoms. The van der Waals surface area contributed by atoms with Gasteiger partial charge in [0.05, 0.1) is 24.4 Å². The fourth-order valence-electron chi connectivity index (χ4n) is 17.4. The van der Waals surface area contributed by atoms with E-state index in [1.807, 2.05) is 0 Å². The summed E-state index contributed by atoms with van der Waals surface area (Å²) < 4.78 is 0. The zero-order valence-electron chi connectivity index (χ0n) is 37.8. The molecule has 0 aliphatic heterocycles. The van der Waals surface area contributed by atoms with Gasteiger partial charge in [0, 0.05) is 11.9 Å². The molecule has 0 radical (unpaired) electrons. The summed E-state index contributed by atoms with van der Waals surface area (Å²) in [5.41, 5.74) is 0.375. The number of aliphatic hydroxyl groups excluding tert-OH is 4. The summed E-state index contributed by atoms with van der Waals surface area (Å²) >= 11 is 0. The number of carbonyl (C=O) groups excluding carboxylic acids is 2. The number of carbonyl (C=O) groups is 2. The molecule has 0 aromatic rings. The van der Waals surface area contributed by atoms with E-state index in [1.54, 1.807) is 0 Å². The first kappa shape index (κ1) is 49.8. The van der Waals surface area contributed by atoms with Gasteiger partial charge in [-0.3, -0.25) is 0 Å². The van der Waals surface area contributed by atoms with Crippen LogP contribution in [0.1, 0.15) is 170 Å². The minimum absolute atomic E-state index is 0. The van der Waals surface area contributed by atoms with Crippen LogP contribution in [0.2, 0.25) is 0 Å². The van der Waals surface area contributed by atoms with E-state index < -0.39 is 11.9 Å². The predicted molar refractivity (Wildman–Crippen MR) is 212 cm³/mol. The molecule has 8 aliphatic carbocycles. The summed E-state index contributed by atoms with van der Waals surface area (Å²) in [6, 6.07) is 0. The van der Waals surface area contributed by atoms with Crippen molar-refractivity contribution in [1.82, 2.24) is 0 Å². The molecule has 8 nitrogen and oxygen atoms in total. The Morgan fingerprint density at radius 1 is 0.534 bits per heavy atom. The molecule has 320 valence electrons. The molecule has 6 unspecified atom stereocenters. The first-order valence-electron chi connectivity index (χ1n) is 23.5. The number of fused-ring (bicyclic) bond motifs is 10. The largest absolute Gasteiger partial charge is 1.00 e. The van der Waals surface area contributed by atoms with Gasteiger partial charge in [-0.1, -0.05) is 41.5 Å². The molecule has 0 aromatic carbocycles. The molecule has 0 amide bonds. The molecule has 0 saturated heterocycles. The van der Waals surface area contributed by atoms with Gasteiger partial charge in [0.15, 0.2) is 0 Å². The van der Waals surface area contributed by atoms with Crippen molar-refractivity contribution in [2.45, 2.75) is 194 Å². The van der Waals surface area contributed by atoms with Gasteiger partial charge < -0.3 is 40.2 Å². The Bertz CT molecular complexity index is 1330. The quantitative estimate of drug-likeness (QED) is 0.255. The second-order valence-corrected chi connectivity index (χ2v) is 22.5. The van der Waals surface area contributed by atoms with E-state index in [-0.39, 0.29) is 118 Å². The Balaban J connectivity index is 0.000000214. The van der Waals surface area contributed by atoms with Crippen LogP contribution in [0, 0.1) is 92.7 Å². The Hall–Kier alpha value is 0.780. The van der Waals surface area contributed by atoms with Crippen LogP contribution in [-0.2, 0) is 9.59 Å². The molecular weight excluding hydrogens is 750 g/mol. The number of carboxylic acids is 2. The van der Waals surface area contributed by atoms with Gasteiger partial charge in [-0.25, -0.2) is 0 Å². The fourth-order valence-corrected chi connectivity index (χ4v) is 17.4. The topological polar surface area (TPSA) is 161 Å². The third kappa shape index (κ3) is 8.67. The van der Waals surface area contributed by atoms with Gasteiger partial charge in [0.1, 0.15) is 0 Å². The van der Waals surface area contributed by atoms with Gasteiger partial charge in [-0.2, -0.15) is 0 Å². The number of hydrogen-bond donors (Lipinski definition) is 4. The van der Waals surface area contributed by atoms with Crippen molar-refractivity contribution in [1.29, 1.82) is 0 Å². The SMILES string of the molecule is C[C@H](CCC(=O)[O-])[C@H]1CCC2C3CC[C@@H]4C[C@H](O)CC[C@]4(C)C3C[C@H](O)[C@@]21C.C[C@H](CCC(=O)[O-])[C@H]1CCC2C3CC[C@@H]4C[C@H](O)CC[C@]4(C)C3C[C@H](O)[C@@]21C.[Na+].[Na+]. The van der Waals surface area contributed by atoms with E-state index in [1.165, 1.54) is 38.5 Å². The zero-order valence-corrected chi connectivity index (χ0v) is 41.8. The van der Waals surface area contributed by atoms with Crippen LogP contribution in [0.4, 0.5) is 0 Å². The molecule has 0 aromatic heterocycles. The van der Waals surface area contributed by atoms with Crippen LogP contribution in [0.5, 0.6) is 0 Å². The Morgan fingerprint density at radius 3 is 1.24 bits per heavy atom. The summed E-state index contributed by atoms with van der Waals surface area (Å²) in [6.07, 6.45) is 18.0. The number of rotatable bonds is 8. The average molecular weight is 829 g/mol. The Morgan fingerprint density at radius 2 is 0.897 bits per heavy atom. The van der Waals surface area contributed by atoms with Gasteiger partial charge in [-0.05, 0) is 221 Å². The molecule has 8 fully saturated rings. The van der Waals surface area contributed by atoms with Crippen LogP contribution >= 0.6 is 0 Å². The van der Waals surface area contributed by atoms with E-state index in [9.17, 15) is 40.2 Å². The predicted octanol–water partition coefficient (Wildman–Crippen LogP) is 0.294. The van der Waals surface area contributed by atoms with Crippen molar-refractivity contribution in [2.24, 2.45) is 92.7 Å². The van der Waals surface area contributed by atoms with E-state index in [4.69, 9.17) is 0 Å². The summed E-state index contributed by atoms with van der Waals surface area (Å²) in [7, 11) is 0. The van der Waals surface area contributed by atoms with Crippen LogP contribution in [0.3, 0.4) is 0 Å².